The van der Waals surface area contributed by atoms with Crippen LogP contribution < -0.4 is 20.9 Å². The number of esters is 1. The van der Waals surface area contributed by atoms with Crippen LogP contribution in [0.5, 0.6) is 17.2 Å². The zero-order chi connectivity index (χ0) is 41.3. The maximum absolute atomic E-state index is 14.8. The lowest BCUT2D eigenvalue weighted by atomic mass is 9.77. The number of benzene rings is 4. The molecule has 0 spiro atoms. The molecule has 2 aliphatic rings. The highest BCUT2D eigenvalue weighted by Gasteiger charge is 2.44. The van der Waals surface area contributed by atoms with Gasteiger partial charge in [0.25, 0.3) is 0 Å². The van der Waals surface area contributed by atoms with Crippen LogP contribution in [-0.4, -0.2) is 91.8 Å². The lowest BCUT2D eigenvalue weighted by Crippen LogP contribution is -2.58. The van der Waals surface area contributed by atoms with E-state index in [2.05, 4.69) is 0 Å². The van der Waals surface area contributed by atoms with Gasteiger partial charge in [-0.3, -0.25) is 19.2 Å². The predicted octanol–water partition coefficient (Wildman–Crippen LogP) is 1.82. The number of phenols is 1. The van der Waals surface area contributed by atoms with Crippen molar-refractivity contribution in [2.75, 3.05) is 6.61 Å². The number of ketones is 2. The molecule has 6 rings (SSSR count). The van der Waals surface area contributed by atoms with Gasteiger partial charge in [-0.2, -0.15) is 0 Å². The summed E-state index contributed by atoms with van der Waals surface area (Å²) < 4.78 is 17.2. The van der Waals surface area contributed by atoms with Crippen LogP contribution in [-0.2, 0) is 29.0 Å². The Bertz CT molecular complexity index is 2280. The second kappa shape index (κ2) is 16.9. The minimum atomic E-state index is -1.82. The fourth-order valence-corrected chi connectivity index (χ4v) is 7.19. The maximum atomic E-state index is 14.8. The average Bonchev–Trinajstić information content (AvgIpc) is 3.18. The van der Waals surface area contributed by atoms with Crippen molar-refractivity contribution in [2.24, 2.45) is 11.5 Å². The number of rotatable bonds is 12. The number of nitrogens with two attached hydrogens (primary N) is 2. The number of aliphatic hydroxyl groups is 5. The fourth-order valence-electron chi connectivity index (χ4n) is 7.19. The fraction of sp³-hybridized carbons (Fsp3) is 0.286. The van der Waals surface area contributed by atoms with Crippen LogP contribution in [0.25, 0.3) is 12.2 Å². The van der Waals surface area contributed by atoms with Crippen LogP contribution in [0, 0.1) is 0 Å². The summed E-state index contributed by atoms with van der Waals surface area (Å²) in [6.45, 7) is 1.71. The highest BCUT2D eigenvalue weighted by Crippen LogP contribution is 2.45. The number of hydrogen-bond acceptors (Lipinski definition) is 15. The quantitative estimate of drug-likeness (QED) is 0.0295. The molecule has 0 radical (unpaired) electrons. The van der Waals surface area contributed by atoms with Crippen LogP contribution in [0.4, 0.5) is 0 Å². The molecule has 4 aromatic rings. The van der Waals surface area contributed by atoms with Gasteiger partial charge < -0.3 is 56.3 Å². The number of carbonyl (C=O) groups excluding carboxylic acids is 4. The summed E-state index contributed by atoms with van der Waals surface area (Å²) in [5, 5.41) is 63.7. The number of phenolic OH excluding ortho intramolecular Hbond substituents is 1. The predicted molar refractivity (Wildman–Crippen MR) is 204 cm³/mol. The number of fused-ring (bicyclic) bond motifs is 2. The highest BCUT2D eigenvalue weighted by molar-refractivity contribution is 6.31. The second-order valence-corrected chi connectivity index (χ2v) is 13.8. The normalized spacial score (nSPS) is 20.4. The minimum absolute atomic E-state index is 0.00234. The molecule has 0 aromatic heterocycles. The Hall–Kier alpha value is -5.62. The molecular weight excluding hydrogens is 740 g/mol. The van der Waals surface area contributed by atoms with E-state index in [-0.39, 0.29) is 74.6 Å². The summed E-state index contributed by atoms with van der Waals surface area (Å²) in [5.41, 5.74) is 12.4. The van der Waals surface area contributed by atoms with Gasteiger partial charge in [0.15, 0.2) is 17.9 Å². The molecule has 1 fully saturated rings. The molecule has 298 valence electrons. The van der Waals surface area contributed by atoms with Gasteiger partial charge in [-0.1, -0.05) is 48.5 Å². The van der Waals surface area contributed by atoms with Crippen molar-refractivity contribution in [1.82, 2.24) is 0 Å². The van der Waals surface area contributed by atoms with Gasteiger partial charge in [-0.05, 0) is 59.4 Å². The van der Waals surface area contributed by atoms with Gasteiger partial charge in [-0.25, -0.2) is 0 Å². The average molecular weight is 783 g/mol. The molecule has 15 heteroatoms. The Morgan fingerprint density at radius 2 is 1.61 bits per heavy atom. The number of ether oxygens (including phenoxy) is 3. The van der Waals surface area contributed by atoms with Crippen molar-refractivity contribution in [1.29, 1.82) is 0 Å². The lowest BCUT2D eigenvalue weighted by molar-refractivity contribution is -0.268. The molecule has 5 atom stereocenters. The minimum Gasteiger partial charge on any atom is -0.507 e. The molecule has 0 saturated carbocycles. The molecule has 1 saturated heterocycles. The number of aldehydes is 1. The molecule has 10 N–H and O–H groups in total. The largest absolute Gasteiger partial charge is 0.507 e. The van der Waals surface area contributed by atoms with E-state index in [0.717, 1.165) is 18.6 Å². The molecule has 0 amide bonds. The Balaban J connectivity index is 1.58. The van der Waals surface area contributed by atoms with E-state index in [4.69, 9.17) is 25.7 Å². The Labute approximate surface area is 326 Å². The van der Waals surface area contributed by atoms with Crippen molar-refractivity contribution < 1.29 is 64.0 Å². The maximum Gasteiger partial charge on any atom is 0.308 e. The first-order chi connectivity index (χ1) is 27.2. The third kappa shape index (κ3) is 7.87. The smallest absolute Gasteiger partial charge is 0.308 e. The number of aliphatic hydroxyl groups excluding tert-OH is 5. The van der Waals surface area contributed by atoms with Gasteiger partial charge in [0.2, 0.25) is 6.29 Å². The lowest BCUT2D eigenvalue weighted by Gasteiger charge is -2.39. The zero-order valence-corrected chi connectivity index (χ0v) is 30.9. The topological polar surface area (TPSA) is 269 Å². The summed E-state index contributed by atoms with van der Waals surface area (Å²) in [4.78, 5) is 54.1. The molecule has 1 aliphatic heterocycles. The second-order valence-electron chi connectivity index (χ2n) is 13.8. The summed E-state index contributed by atoms with van der Waals surface area (Å²) >= 11 is 0. The molecule has 57 heavy (non-hydrogen) atoms. The Kier molecular flexibility index (Phi) is 12.1. The monoisotopic (exact) mass is 782 g/mol. The standard InChI is InChI=1S/C42H42N2O13/c1-19-35(49)39(53)40(54)42(55-19)57-31-16-28-34(36(50)27(31)14-23-7-4-8-25(41(43)44)29(23)18-47)38(52)32-24(17-46)15-30(56-20(2)48)26(33(32)37(28)51)10-9-21-5-3-6-22(13-21)11-12-45/h3-10,13,15-16,18-19,35,39-42,45-46,49-50,53-54H,11-12,14,17,43-44H2,1-2H3/b10-9-/t19-,35+,39+,40+,42+/m0/s1. The van der Waals surface area contributed by atoms with E-state index in [1.54, 1.807) is 42.5 Å². The van der Waals surface area contributed by atoms with Crippen molar-refractivity contribution in [3.8, 4) is 17.2 Å². The van der Waals surface area contributed by atoms with Crippen molar-refractivity contribution >= 4 is 36.0 Å². The van der Waals surface area contributed by atoms with Crippen LogP contribution in [0.3, 0.4) is 0 Å². The molecular formula is C42H42N2O13. The van der Waals surface area contributed by atoms with Gasteiger partial charge in [-0.15, -0.1) is 0 Å². The third-order valence-electron chi connectivity index (χ3n) is 10.0. The summed E-state index contributed by atoms with van der Waals surface area (Å²) in [5.74, 6) is -3.66. The number of carbonyl (C=O) groups is 4. The highest BCUT2D eigenvalue weighted by atomic mass is 16.7. The van der Waals surface area contributed by atoms with E-state index >= 15 is 0 Å². The number of hydrogen-bond donors (Lipinski definition) is 8. The van der Waals surface area contributed by atoms with Crippen LogP contribution in [0.15, 0.2) is 54.6 Å². The molecule has 0 unspecified atom stereocenters. The van der Waals surface area contributed by atoms with Crippen molar-refractivity contribution in [3.63, 3.8) is 0 Å². The third-order valence-corrected chi connectivity index (χ3v) is 10.0. The Morgan fingerprint density at radius 3 is 2.28 bits per heavy atom. The van der Waals surface area contributed by atoms with E-state index in [1.807, 2.05) is 6.07 Å². The van der Waals surface area contributed by atoms with Crippen molar-refractivity contribution in [3.05, 3.63) is 121 Å². The van der Waals surface area contributed by atoms with Crippen LogP contribution >= 0.6 is 0 Å². The van der Waals surface area contributed by atoms with Gasteiger partial charge in [0, 0.05) is 53.3 Å². The Morgan fingerprint density at radius 1 is 0.877 bits per heavy atom. The first-order valence-corrected chi connectivity index (χ1v) is 18.0. The van der Waals surface area contributed by atoms with E-state index < -0.39 is 72.3 Å². The van der Waals surface area contributed by atoms with E-state index in [0.29, 0.717) is 18.3 Å². The zero-order valence-electron chi connectivity index (χ0n) is 30.9. The van der Waals surface area contributed by atoms with Gasteiger partial charge >= 0.3 is 5.97 Å². The molecule has 1 aliphatic carbocycles. The molecule has 4 aromatic carbocycles. The summed E-state index contributed by atoms with van der Waals surface area (Å²) in [6, 6.07) is 14.2. The van der Waals surface area contributed by atoms with Crippen LogP contribution in [0.1, 0.15) is 101 Å². The van der Waals surface area contributed by atoms with E-state index in [9.17, 15) is 49.8 Å². The molecule has 1 heterocycles. The van der Waals surface area contributed by atoms with Gasteiger partial charge in [0.05, 0.1) is 24.4 Å². The SMILES string of the molecule is CC(=O)Oc1cc(CO)c2c(c1/C=C\c1cccc(CCO)c1)C(=O)c1cc(O[C@H]3O[C@@H](C)[C@@H](O)[C@@H](O)[C@H]3O)c(Cc3cccc(C(N)N)c3C=O)c(O)c1C2=O. The van der Waals surface area contributed by atoms with Crippen molar-refractivity contribution in [2.45, 2.75) is 70.2 Å². The molecule has 0 bridgehead atoms. The number of aromatic hydroxyl groups is 1. The first-order valence-electron chi connectivity index (χ1n) is 18.0. The molecule has 15 nitrogen and oxygen atoms in total. The summed E-state index contributed by atoms with van der Waals surface area (Å²) in [7, 11) is 0. The van der Waals surface area contributed by atoms with Gasteiger partial charge in [0.1, 0.15) is 35.6 Å². The first kappa shape index (κ1) is 41.0. The van der Waals surface area contributed by atoms with E-state index in [1.165, 1.54) is 19.1 Å². The summed E-state index contributed by atoms with van der Waals surface area (Å²) in [6.07, 6.45) is -5.13. The van der Waals surface area contributed by atoms with Crippen LogP contribution in [0.2, 0.25) is 0 Å².